The van der Waals surface area contributed by atoms with Crippen molar-refractivity contribution in [2.75, 3.05) is 0 Å². The van der Waals surface area contributed by atoms with Crippen molar-refractivity contribution in [3.63, 3.8) is 0 Å². The topological polar surface area (TPSA) is 76.9 Å². The van der Waals surface area contributed by atoms with Crippen molar-refractivity contribution >= 4 is 10.1 Å². The van der Waals surface area contributed by atoms with Crippen molar-refractivity contribution in [3.8, 4) is 0 Å². The van der Waals surface area contributed by atoms with E-state index in [9.17, 15) is 30.5 Å². The van der Waals surface area contributed by atoms with Gasteiger partial charge in [0.1, 0.15) is 22.5 Å². The summed E-state index contributed by atoms with van der Waals surface area (Å²) >= 11 is 0. The molecule has 0 fully saturated rings. The van der Waals surface area contributed by atoms with Gasteiger partial charge < -0.3 is 4.55 Å². The maximum atomic E-state index is 12.8. The molecule has 10 heteroatoms. The summed E-state index contributed by atoms with van der Waals surface area (Å²) in [6.45, 7) is 2.13. The Hall–Kier alpha value is -1.94. The molecule has 1 N–H and O–H groups in total. The van der Waals surface area contributed by atoms with Crippen molar-refractivity contribution in [1.82, 2.24) is 4.98 Å². The highest BCUT2D eigenvalue weighted by Gasteiger charge is 2.21. The summed E-state index contributed by atoms with van der Waals surface area (Å²) < 4.78 is 82.7. The molecule has 1 aromatic heterocycles. The van der Waals surface area contributed by atoms with Gasteiger partial charge in [-0.05, 0) is 12.1 Å². The van der Waals surface area contributed by atoms with Crippen LogP contribution in [0.1, 0.15) is 24.7 Å². The number of hydrogen-bond donors (Lipinski definition) is 1. The monoisotopic (exact) mass is 354 g/mol. The van der Waals surface area contributed by atoms with Crippen LogP contribution in [0.2, 0.25) is 0 Å². The van der Waals surface area contributed by atoms with E-state index < -0.39 is 38.6 Å². The van der Waals surface area contributed by atoms with E-state index in [1.165, 1.54) is 5.82 Å². The Morgan fingerprint density at radius 1 is 1.26 bits per heavy atom. The van der Waals surface area contributed by atoms with E-state index in [-0.39, 0.29) is 0 Å². The van der Waals surface area contributed by atoms with Crippen molar-refractivity contribution in [2.24, 2.45) is 7.05 Å². The van der Waals surface area contributed by atoms with E-state index in [0.29, 0.717) is 12.1 Å². The van der Waals surface area contributed by atoms with Crippen molar-refractivity contribution in [2.45, 2.75) is 24.7 Å². The first-order chi connectivity index (χ1) is 10.6. The zero-order chi connectivity index (χ0) is 17.8. The van der Waals surface area contributed by atoms with Crippen LogP contribution in [0.3, 0.4) is 0 Å². The zero-order valence-corrected chi connectivity index (χ0v) is 13.0. The van der Waals surface area contributed by atoms with Gasteiger partial charge in [-0.25, -0.2) is 35.5 Å². The standard InChI is InChI=1S/C7H4F4O3S.C6H10N2/c8-5-3(7(10)11)1-2-4(6(5)9)15(12,13)14;1-3-6-7-4-5-8(6)2/h1-2,7H,(H,12,13,14);4-5H,3H2,1-2H3. The fraction of sp³-hybridized carbons (Fsp3) is 0.308. The number of nitrogens with one attached hydrogen (secondary N) is 1. The van der Waals surface area contributed by atoms with E-state index in [1.54, 1.807) is 0 Å². The van der Waals surface area contributed by atoms with Crippen LogP contribution < -0.4 is 4.57 Å². The number of benzene rings is 1. The maximum absolute atomic E-state index is 12.8. The van der Waals surface area contributed by atoms with E-state index in [2.05, 4.69) is 16.5 Å². The van der Waals surface area contributed by atoms with Gasteiger partial charge >= 0.3 is 0 Å². The van der Waals surface area contributed by atoms with Crippen LogP contribution in [0.5, 0.6) is 0 Å². The van der Waals surface area contributed by atoms with Gasteiger partial charge in [0.25, 0.3) is 12.2 Å². The lowest BCUT2D eigenvalue weighted by molar-refractivity contribution is -0.677. The molecule has 0 atom stereocenters. The van der Waals surface area contributed by atoms with Crippen LogP contribution in [0.15, 0.2) is 29.4 Å². The first-order valence-corrected chi connectivity index (χ1v) is 7.74. The predicted molar refractivity (Wildman–Crippen MR) is 70.6 cm³/mol. The molecule has 0 unspecified atom stereocenters. The van der Waals surface area contributed by atoms with Gasteiger partial charge in [-0.1, -0.05) is 6.92 Å². The van der Waals surface area contributed by atoms with Gasteiger partial charge in [0.05, 0.1) is 17.5 Å². The van der Waals surface area contributed by atoms with Crippen LogP contribution in [-0.2, 0) is 23.6 Å². The summed E-state index contributed by atoms with van der Waals surface area (Å²) in [5, 5.41) is 0. The lowest BCUT2D eigenvalue weighted by Gasteiger charge is -2.10. The van der Waals surface area contributed by atoms with E-state index >= 15 is 0 Å². The number of aromatic nitrogens is 2. The lowest BCUT2D eigenvalue weighted by atomic mass is 10.2. The average molecular weight is 354 g/mol. The van der Waals surface area contributed by atoms with Gasteiger partial charge in [0.15, 0.2) is 11.6 Å². The number of alkyl halides is 2. The van der Waals surface area contributed by atoms with Crippen LogP contribution in [0.25, 0.3) is 0 Å². The quantitative estimate of drug-likeness (QED) is 0.522. The Balaban J connectivity index is 0.000000277. The number of imidazole rings is 1. The summed E-state index contributed by atoms with van der Waals surface area (Å²) in [4.78, 5) is 1.64. The molecule has 2 aromatic rings. The highest BCUT2D eigenvalue weighted by molar-refractivity contribution is 7.85. The molecular formula is C13H14F4N2O3S. The van der Waals surface area contributed by atoms with Crippen LogP contribution >= 0.6 is 0 Å². The Morgan fingerprint density at radius 3 is 2.22 bits per heavy atom. The summed E-state index contributed by atoms with van der Waals surface area (Å²) in [5.41, 5.74) is -1.29. The molecule has 0 amide bonds. The molecule has 1 heterocycles. The molecule has 0 aliphatic heterocycles. The van der Waals surface area contributed by atoms with Crippen molar-refractivity contribution in [3.05, 3.63) is 47.5 Å². The Kier molecular flexibility index (Phi) is 6.28. The van der Waals surface area contributed by atoms with Gasteiger partial charge in [-0.3, -0.25) is 0 Å². The summed E-state index contributed by atoms with van der Waals surface area (Å²) in [6.07, 6.45) is 1.74. The highest BCUT2D eigenvalue weighted by Crippen LogP contribution is 2.27. The average Bonchev–Trinajstić information content (AvgIpc) is 2.86. The first kappa shape index (κ1) is 19.1. The summed E-state index contributed by atoms with van der Waals surface area (Å²) in [6, 6.07) is 0.663. The van der Waals surface area contributed by atoms with Crippen LogP contribution in [0, 0.1) is 11.6 Å². The largest absolute Gasteiger partial charge is 0.744 e. The first-order valence-electron chi connectivity index (χ1n) is 6.33. The number of hydrogen-bond acceptors (Lipinski definition) is 3. The van der Waals surface area contributed by atoms with Gasteiger partial charge in [0, 0.05) is 6.42 Å². The second-order valence-electron chi connectivity index (χ2n) is 4.41. The van der Waals surface area contributed by atoms with Crippen molar-refractivity contribution < 1.29 is 35.1 Å². The number of aryl methyl sites for hydroxylation is 2. The minimum Gasteiger partial charge on any atom is -0.744 e. The second kappa shape index (κ2) is 7.55. The van der Waals surface area contributed by atoms with Gasteiger partial charge in [0.2, 0.25) is 0 Å². The smallest absolute Gasteiger partial charge is 0.266 e. The van der Waals surface area contributed by atoms with Gasteiger partial charge in [-0.15, -0.1) is 0 Å². The predicted octanol–water partition coefficient (Wildman–Crippen LogP) is 2.21. The molecule has 0 saturated carbocycles. The molecule has 0 aliphatic rings. The third kappa shape index (κ3) is 4.76. The van der Waals surface area contributed by atoms with E-state index in [4.69, 9.17) is 0 Å². The molecular weight excluding hydrogens is 340 g/mol. The number of H-pyrrole nitrogens is 1. The second-order valence-corrected chi connectivity index (χ2v) is 5.76. The third-order valence-electron chi connectivity index (χ3n) is 2.89. The molecule has 0 saturated heterocycles. The van der Waals surface area contributed by atoms with Crippen LogP contribution in [-0.4, -0.2) is 18.0 Å². The summed E-state index contributed by atoms with van der Waals surface area (Å²) in [7, 11) is -3.17. The van der Waals surface area contributed by atoms with E-state index in [1.807, 2.05) is 19.4 Å². The normalized spacial score (nSPS) is 11.3. The Morgan fingerprint density at radius 2 is 1.87 bits per heavy atom. The third-order valence-corrected chi connectivity index (χ3v) is 3.74. The molecule has 1 aromatic carbocycles. The SMILES string of the molecule is CCc1[nH]cc[n+]1C.O=S(=O)([O-])c1ccc(C(F)F)c(F)c1F. The highest BCUT2D eigenvalue weighted by atomic mass is 32.2. The number of nitrogens with zero attached hydrogens (tertiary/aromatic N) is 1. The fourth-order valence-electron chi connectivity index (χ4n) is 1.70. The molecule has 23 heavy (non-hydrogen) atoms. The Bertz CT molecular complexity index is 776. The van der Waals surface area contributed by atoms with Crippen molar-refractivity contribution in [1.29, 1.82) is 0 Å². The maximum Gasteiger partial charge on any atom is 0.266 e. The molecule has 0 radical (unpaired) electrons. The minimum atomic E-state index is -5.21. The molecule has 0 spiro atoms. The number of halogens is 4. The number of aromatic amines is 1. The van der Waals surface area contributed by atoms with Crippen LogP contribution in [0.4, 0.5) is 17.6 Å². The molecule has 5 nitrogen and oxygen atoms in total. The summed E-state index contributed by atoms with van der Waals surface area (Å²) in [5.74, 6) is -2.84. The molecule has 0 aliphatic carbocycles. The minimum absolute atomic E-state index is 0.308. The Labute approximate surface area is 130 Å². The molecule has 0 bridgehead atoms. The van der Waals surface area contributed by atoms with E-state index in [0.717, 1.165) is 6.42 Å². The lowest BCUT2D eigenvalue weighted by Crippen LogP contribution is -2.29. The van der Waals surface area contributed by atoms with Gasteiger partial charge in [-0.2, -0.15) is 0 Å². The zero-order valence-electron chi connectivity index (χ0n) is 12.2. The number of rotatable bonds is 3. The molecule has 128 valence electrons. The fourth-order valence-corrected chi connectivity index (χ4v) is 2.24. The molecule has 2 rings (SSSR count).